The minimum absolute atomic E-state index is 0.127. The normalized spacial score (nSPS) is 16.4. The lowest BCUT2D eigenvalue weighted by Gasteiger charge is -2.36. The molecular weight excluding hydrogens is 463 g/mol. The van der Waals surface area contributed by atoms with Crippen LogP contribution in [0.15, 0.2) is 67.3 Å². The molecule has 0 spiro atoms. The summed E-state index contributed by atoms with van der Waals surface area (Å²) in [6, 6.07) is 10.7. The first-order chi connectivity index (χ1) is 16.9. The number of carbonyl (C=O) groups is 1. The molecule has 0 N–H and O–H groups in total. The van der Waals surface area contributed by atoms with Gasteiger partial charge >= 0.3 is 6.18 Å². The third-order valence-corrected chi connectivity index (χ3v) is 5.71. The molecule has 4 aromatic rings. The summed E-state index contributed by atoms with van der Waals surface area (Å²) in [5.74, 6) is -0.540. The van der Waals surface area contributed by atoms with Crippen molar-refractivity contribution in [3.63, 3.8) is 0 Å². The van der Waals surface area contributed by atoms with Crippen molar-refractivity contribution in [1.29, 1.82) is 0 Å². The molecular formula is C23H20F3N7O2. The minimum atomic E-state index is -4.69. The first-order valence-electron chi connectivity index (χ1n) is 10.8. The molecule has 0 radical (unpaired) electrons. The van der Waals surface area contributed by atoms with Crippen molar-refractivity contribution in [3.8, 4) is 11.4 Å². The highest BCUT2D eigenvalue weighted by atomic mass is 19.4. The molecule has 0 aliphatic carbocycles. The molecule has 3 heterocycles. The van der Waals surface area contributed by atoms with Crippen LogP contribution < -0.4 is 0 Å². The van der Waals surface area contributed by atoms with Gasteiger partial charge in [-0.15, -0.1) is 0 Å². The Morgan fingerprint density at radius 3 is 2.37 bits per heavy atom. The van der Waals surface area contributed by atoms with E-state index in [0.29, 0.717) is 6.42 Å². The number of alkyl halides is 3. The second kappa shape index (κ2) is 9.29. The first kappa shape index (κ1) is 22.7. The van der Waals surface area contributed by atoms with E-state index in [1.54, 1.807) is 17.3 Å². The van der Waals surface area contributed by atoms with Gasteiger partial charge in [-0.2, -0.15) is 43.2 Å². The number of morpholine rings is 1. The van der Waals surface area contributed by atoms with E-state index < -0.39 is 23.3 Å². The number of aromatic nitrogens is 6. The molecule has 180 valence electrons. The molecule has 35 heavy (non-hydrogen) atoms. The van der Waals surface area contributed by atoms with Gasteiger partial charge in [0.15, 0.2) is 0 Å². The molecule has 2 aromatic carbocycles. The van der Waals surface area contributed by atoms with E-state index in [9.17, 15) is 18.0 Å². The monoisotopic (exact) mass is 483 g/mol. The molecule has 5 rings (SSSR count). The van der Waals surface area contributed by atoms with E-state index in [2.05, 4.69) is 20.4 Å². The molecule has 0 saturated carbocycles. The van der Waals surface area contributed by atoms with E-state index in [4.69, 9.17) is 4.74 Å². The topological polar surface area (TPSA) is 91.0 Å². The van der Waals surface area contributed by atoms with Gasteiger partial charge in [-0.05, 0) is 36.2 Å². The minimum Gasteiger partial charge on any atom is -0.377 e. The Labute approximate surface area is 197 Å². The smallest absolute Gasteiger partial charge is 0.377 e. The van der Waals surface area contributed by atoms with Gasteiger partial charge in [0.2, 0.25) is 0 Å². The van der Waals surface area contributed by atoms with Crippen molar-refractivity contribution in [3.05, 3.63) is 83.9 Å². The summed E-state index contributed by atoms with van der Waals surface area (Å²) >= 11 is 0. The zero-order valence-corrected chi connectivity index (χ0v) is 18.3. The average molecular weight is 483 g/mol. The molecule has 1 saturated heterocycles. The fourth-order valence-electron chi connectivity index (χ4n) is 4.17. The standard InChI is InChI=1S/C23H20F3N7O2/c24-23(25,26)20-6-2-5-19(21(20)33-29-9-10-30-33)22(34)31-11-12-35-15-18(31)14-16-3-1-4-17(13-16)32-27-7-8-28-32/h1-10,13,18H,11-12,14-15H2. The van der Waals surface area contributed by atoms with Gasteiger partial charge in [0.25, 0.3) is 5.91 Å². The summed E-state index contributed by atoms with van der Waals surface area (Å²) in [4.78, 5) is 17.5. The maximum Gasteiger partial charge on any atom is 0.418 e. The van der Waals surface area contributed by atoms with Crippen LogP contribution >= 0.6 is 0 Å². The summed E-state index contributed by atoms with van der Waals surface area (Å²) in [5, 5.41) is 16.0. The summed E-state index contributed by atoms with van der Waals surface area (Å²) in [6.45, 7) is 0.782. The Morgan fingerprint density at radius 2 is 1.66 bits per heavy atom. The fourth-order valence-corrected chi connectivity index (χ4v) is 4.17. The number of nitrogens with zero attached hydrogens (tertiary/aromatic N) is 7. The molecule has 1 atom stereocenters. The summed E-state index contributed by atoms with van der Waals surface area (Å²) in [5.41, 5.74) is 0.159. The van der Waals surface area contributed by atoms with Crippen molar-refractivity contribution in [2.45, 2.75) is 18.6 Å². The molecule has 12 heteroatoms. The highest BCUT2D eigenvalue weighted by Gasteiger charge is 2.38. The predicted octanol–water partition coefficient (Wildman–Crippen LogP) is 2.95. The molecule has 0 bridgehead atoms. The van der Waals surface area contributed by atoms with Gasteiger partial charge in [-0.3, -0.25) is 4.79 Å². The largest absolute Gasteiger partial charge is 0.418 e. The second-order valence-corrected chi connectivity index (χ2v) is 7.94. The highest BCUT2D eigenvalue weighted by molar-refractivity contribution is 5.98. The van der Waals surface area contributed by atoms with Gasteiger partial charge in [0, 0.05) is 6.54 Å². The highest BCUT2D eigenvalue weighted by Crippen LogP contribution is 2.35. The summed E-state index contributed by atoms with van der Waals surface area (Å²) < 4.78 is 47.1. The van der Waals surface area contributed by atoms with Crippen LogP contribution in [-0.4, -0.2) is 66.6 Å². The average Bonchev–Trinajstić information content (AvgIpc) is 3.58. The van der Waals surface area contributed by atoms with E-state index in [1.807, 2.05) is 24.3 Å². The Kier molecular flexibility index (Phi) is 6.03. The third-order valence-electron chi connectivity index (χ3n) is 5.71. The number of rotatable bonds is 5. The van der Waals surface area contributed by atoms with Crippen molar-refractivity contribution in [2.75, 3.05) is 19.8 Å². The van der Waals surface area contributed by atoms with Gasteiger partial charge in [0.05, 0.1) is 60.9 Å². The van der Waals surface area contributed by atoms with Crippen LogP contribution in [-0.2, 0) is 17.3 Å². The number of para-hydroxylation sites is 1. The van der Waals surface area contributed by atoms with Crippen LogP contribution in [0.25, 0.3) is 11.4 Å². The molecule has 1 unspecified atom stereocenters. The van der Waals surface area contributed by atoms with Gasteiger partial charge in [-0.1, -0.05) is 18.2 Å². The van der Waals surface area contributed by atoms with Crippen molar-refractivity contribution in [1.82, 2.24) is 34.9 Å². The summed E-state index contributed by atoms with van der Waals surface area (Å²) in [7, 11) is 0. The second-order valence-electron chi connectivity index (χ2n) is 7.94. The molecule has 2 aromatic heterocycles. The Hall–Kier alpha value is -4.06. The maximum atomic E-state index is 13.8. The molecule has 1 aliphatic rings. The van der Waals surface area contributed by atoms with Crippen molar-refractivity contribution in [2.24, 2.45) is 0 Å². The SMILES string of the molecule is O=C(c1cccc(C(F)(F)F)c1-n1nccn1)N1CCOCC1Cc1cccc(-n2nccn2)c1. The van der Waals surface area contributed by atoms with Crippen LogP contribution in [0.2, 0.25) is 0 Å². The van der Waals surface area contributed by atoms with Crippen LogP contribution in [0, 0.1) is 0 Å². The lowest BCUT2D eigenvalue weighted by molar-refractivity contribution is -0.137. The summed E-state index contributed by atoms with van der Waals surface area (Å²) in [6.07, 6.45) is 1.42. The first-order valence-corrected chi connectivity index (χ1v) is 10.8. The third kappa shape index (κ3) is 4.64. The Bertz CT molecular complexity index is 1310. The molecule has 1 aliphatic heterocycles. The van der Waals surface area contributed by atoms with Gasteiger partial charge in [0.1, 0.15) is 5.69 Å². The Morgan fingerprint density at radius 1 is 0.971 bits per heavy atom. The number of hydrogen-bond acceptors (Lipinski definition) is 6. The van der Waals surface area contributed by atoms with Crippen LogP contribution in [0.3, 0.4) is 0 Å². The number of amides is 1. The quantitative estimate of drug-likeness (QED) is 0.434. The fraction of sp³-hybridized carbons (Fsp3) is 0.261. The maximum absolute atomic E-state index is 13.8. The Balaban J connectivity index is 1.48. The number of halogens is 3. The molecule has 9 nitrogen and oxygen atoms in total. The predicted molar refractivity (Wildman–Crippen MR) is 117 cm³/mol. The van der Waals surface area contributed by atoms with E-state index in [-0.39, 0.29) is 31.4 Å². The van der Waals surface area contributed by atoms with E-state index in [0.717, 1.165) is 22.1 Å². The molecule has 1 amide bonds. The number of carbonyl (C=O) groups excluding carboxylic acids is 1. The van der Waals surface area contributed by atoms with Crippen LogP contribution in [0.4, 0.5) is 13.2 Å². The van der Waals surface area contributed by atoms with Gasteiger partial charge < -0.3 is 9.64 Å². The number of hydrogen-bond donors (Lipinski definition) is 0. The lowest BCUT2D eigenvalue weighted by atomic mass is 10.0. The van der Waals surface area contributed by atoms with Gasteiger partial charge in [-0.25, -0.2) is 0 Å². The number of ether oxygens (including phenoxy) is 1. The molecule has 1 fully saturated rings. The van der Waals surface area contributed by atoms with Crippen LogP contribution in [0.5, 0.6) is 0 Å². The lowest BCUT2D eigenvalue weighted by Crippen LogP contribution is -2.50. The van der Waals surface area contributed by atoms with E-state index in [1.165, 1.54) is 29.3 Å². The zero-order chi connectivity index (χ0) is 24.4. The van der Waals surface area contributed by atoms with Crippen molar-refractivity contribution < 1.29 is 22.7 Å². The van der Waals surface area contributed by atoms with Crippen molar-refractivity contribution >= 4 is 5.91 Å². The van der Waals surface area contributed by atoms with E-state index >= 15 is 0 Å². The van der Waals surface area contributed by atoms with Crippen LogP contribution in [0.1, 0.15) is 21.5 Å². The zero-order valence-electron chi connectivity index (χ0n) is 18.3. The number of benzene rings is 2.